The molecule has 1 aliphatic rings. The fourth-order valence-corrected chi connectivity index (χ4v) is 1.35. The second kappa shape index (κ2) is 3.62. The van der Waals surface area contributed by atoms with Gasteiger partial charge in [0.05, 0.1) is 0 Å². The van der Waals surface area contributed by atoms with Crippen LogP contribution in [0.3, 0.4) is 0 Å². The van der Waals surface area contributed by atoms with Crippen LogP contribution in [0.2, 0.25) is 0 Å². The van der Waals surface area contributed by atoms with E-state index in [-0.39, 0.29) is 0 Å². The van der Waals surface area contributed by atoms with E-state index in [1.165, 1.54) is 0 Å². The summed E-state index contributed by atoms with van der Waals surface area (Å²) in [5.41, 5.74) is 0. The van der Waals surface area contributed by atoms with E-state index in [0.717, 1.165) is 0 Å². The second-order valence-electron chi connectivity index (χ2n) is 3.79. The van der Waals surface area contributed by atoms with Gasteiger partial charge in [-0.3, -0.25) is 0 Å². The van der Waals surface area contributed by atoms with Gasteiger partial charge in [0.15, 0.2) is 0 Å². The highest BCUT2D eigenvalue weighted by molar-refractivity contribution is 5.17. The molecule has 0 aromatic heterocycles. The average Bonchev–Trinajstić information content (AvgIpc) is 2.25. The van der Waals surface area contributed by atoms with E-state index in [0.29, 0.717) is 0 Å². The van der Waals surface area contributed by atoms with E-state index >= 15 is 0 Å². The maximum absolute atomic E-state index is 12.6. The number of hydrogen-bond donors (Lipinski definition) is 0. The molecular formula is C7H2F12. The molecule has 0 saturated heterocycles. The van der Waals surface area contributed by atoms with Crippen molar-refractivity contribution in [2.75, 3.05) is 0 Å². The quantitative estimate of drug-likeness (QED) is 0.471. The molecule has 1 fully saturated rings. The molecule has 0 heterocycles. The van der Waals surface area contributed by atoms with Gasteiger partial charge in [0.1, 0.15) is 0 Å². The molecular weight excluding hydrogens is 312 g/mol. The van der Waals surface area contributed by atoms with E-state index in [4.69, 9.17) is 0 Å². The van der Waals surface area contributed by atoms with Crippen LogP contribution in [0.15, 0.2) is 0 Å². The van der Waals surface area contributed by atoms with Crippen molar-refractivity contribution in [2.45, 2.75) is 42.0 Å². The fourth-order valence-electron chi connectivity index (χ4n) is 1.35. The van der Waals surface area contributed by atoms with E-state index < -0.39 is 42.0 Å². The Hall–Kier alpha value is -0.840. The second-order valence-corrected chi connectivity index (χ2v) is 3.79. The molecule has 0 amide bonds. The van der Waals surface area contributed by atoms with Crippen LogP contribution < -0.4 is 0 Å². The first-order chi connectivity index (χ1) is 8.06. The summed E-state index contributed by atoms with van der Waals surface area (Å²) in [6, 6.07) is 0. The van der Waals surface area contributed by atoms with Crippen LogP contribution in [0.4, 0.5) is 52.7 Å². The molecule has 1 saturated carbocycles. The molecule has 0 unspecified atom stereocenters. The normalized spacial score (nSPS) is 38.5. The molecule has 19 heavy (non-hydrogen) atoms. The lowest BCUT2D eigenvalue weighted by molar-refractivity contribution is -0.369. The topological polar surface area (TPSA) is 0 Å². The smallest absolute Gasteiger partial charge is 0.234 e. The number of hydrogen-bond acceptors (Lipinski definition) is 0. The molecule has 0 spiro atoms. The van der Waals surface area contributed by atoms with Crippen molar-refractivity contribution in [1.29, 1.82) is 0 Å². The monoisotopic (exact) mass is 314 g/mol. The Morgan fingerprint density at radius 1 is 0.474 bits per heavy atom. The molecule has 0 bridgehead atoms. The molecule has 114 valence electrons. The number of halogens is 12. The van der Waals surface area contributed by atoms with E-state index in [2.05, 4.69) is 0 Å². The first-order valence-corrected chi connectivity index (χ1v) is 4.23. The van der Waals surface area contributed by atoms with Gasteiger partial charge in [-0.2, -0.15) is 43.9 Å². The van der Waals surface area contributed by atoms with Crippen molar-refractivity contribution in [1.82, 2.24) is 0 Å². The van der Waals surface area contributed by atoms with Gasteiger partial charge >= 0.3 is 29.6 Å². The molecule has 0 nitrogen and oxygen atoms in total. The molecule has 1 aliphatic carbocycles. The summed E-state index contributed by atoms with van der Waals surface area (Å²) < 4.78 is 151. The predicted molar refractivity (Wildman–Crippen MR) is 34.5 cm³/mol. The highest BCUT2D eigenvalue weighted by Gasteiger charge is 2.91. The average molecular weight is 314 g/mol. The van der Waals surface area contributed by atoms with Crippen LogP contribution in [0.25, 0.3) is 0 Å². The molecule has 0 aromatic carbocycles. The first kappa shape index (κ1) is 16.2. The fraction of sp³-hybridized carbons (Fsp3) is 1.00. The van der Waals surface area contributed by atoms with Crippen LogP contribution in [0.1, 0.15) is 0 Å². The van der Waals surface area contributed by atoms with Gasteiger partial charge in [-0.25, -0.2) is 8.78 Å². The lowest BCUT2D eigenvalue weighted by Crippen LogP contribution is -2.63. The predicted octanol–water partition coefficient (Wildman–Crippen LogP) is 3.85. The Balaban J connectivity index is 3.68. The number of alkyl halides is 12. The van der Waals surface area contributed by atoms with Crippen LogP contribution >= 0.6 is 0 Å². The summed E-state index contributed by atoms with van der Waals surface area (Å²) in [5.74, 6) is -34.7. The third-order valence-corrected chi connectivity index (χ3v) is 2.54. The molecule has 12 heteroatoms. The van der Waals surface area contributed by atoms with Gasteiger partial charge in [-0.05, 0) is 0 Å². The lowest BCUT2D eigenvalue weighted by Gasteiger charge is -2.33. The largest absolute Gasteiger partial charge is 0.381 e. The highest BCUT2D eigenvalue weighted by Crippen LogP contribution is 2.62. The molecule has 0 N–H and O–H groups in total. The van der Waals surface area contributed by atoms with Gasteiger partial charge in [0, 0.05) is 0 Å². The minimum Gasteiger partial charge on any atom is -0.234 e. The van der Waals surface area contributed by atoms with Crippen LogP contribution in [-0.2, 0) is 0 Å². The highest BCUT2D eigenvalue weighted by atomic mass is 19.4. The molecule has 0 aliphatic heterocycles. The maximum atomic E-state index is 12.6. The third kappa shape index (κ3) is 1.57. The van der Waals surface area contributed by atoms with E-state index in [1.54, 1.807) is 0 Å². The Morgan fingerprint density at radius 3 is 0.895 bits per heavy atom. The van der Waals surface area contributed by atoms with Gasteiger partial charge in [-0.15, -0.1) is 0 Å². The Kier molecular flexibility index (Phi) is 3.09. The van der Waals surface area contributed by atoms with Crippen LogP contribution in [-0.4, -0.2) is 42.0 Å². The molecule has 0 radical (unpaired) electrons. The van der Waals surface area contributed by atoms with Crippen molar-refractivity contribution in [3.05, 3.63) is 0 Å². The van der Waals surface area contributed by atoms with E-state index in [1.807, 2.05) is 0 Å². The van der Waals surface area contributed by atoms with Crippen molar-refractivity contribution in [2.24, 2.45) is 0 Å². The van der Waals surface area contributed by atoms with Crippen molar-refractivity contribution in [3.8, 4) is 0 Å². The van der Waals surface area contributed by atoms with Crippen molar-refractivity contribution < 1.29 is 52.7 Å². The minimum atomic E-state index is -7.22. The van der Waals surface area contributed by atoms with Crippen LogP contribution in [0.5, 0.6) is 0 Å². The summed E-state index contributed by atoms with van der Waals surface area (Å²) >= 11 is 0. The Morgan fingerprint density at radius 2 is 0.684 bits per heavy atom. The standard InChI is InChI=1S/C7H2F12/c8-1-3(10,11)2(9)5(14,15)7(18,19)6(16,17)4(1,12)13/h1-2H/t1-,2+. The summed E-state index contributed by atoms with van der Waals surface area (Å²) in [7, 11) is 0. The zero-order chi connectivity index (χ0) is 15.7. The summed E-state index contributed by atoms with van der Waals surface area (Å²) in [5, 5.41) is 0. The summed E-state index contributed by atoms with van der Waals surface area (Å²) in [4.78, 5) is 0. The van der Waals surface area contributed by atoms with Gasteiger partial charge < -0.3 is 0 Å². The maximum Gasteiger partial charge on any atom is 0.381 e. The van der Waals surface area contributed by atoms with Crippen LogP contribution in [0, 0.1) is 0 Å². The Bertz CT molecular complexity index is 336. The third-order valence-electron chi connectivity index (χ3n) is 2.54. The zero-order valence-corrected chi connectivity index (χ0v) is 8.19. The lowest BCUT2D eigenvalue weighted by atomic mass is 10.00. The van der Waals surface area contributed by atoms with Crippen molar-refractivity contribution in [3.63, 3.8) is 0 Å². The minimum absolute atomic E-state index is 5.55. The first-order valence-electron chi connectivity index (χ1n) is 4.23. The van der Waals surface area contributed by atoms with Crippen molar-refractivity contribution >= 4 is 0 Å². The van der Waals surface area contributed by atoms with Gasteiger partial charge in [0.25, 0.3) is 0 Å². The SMILES string of the molecule is F[C@@H]1C(F)(F)[C@H](F)C(F)(F)C(F)(F)C(F)(F)C1(F)F. The molecule has 2 atom stereocenters. The molecule has 0 aromatic rings. The number of rotatable bonds is 0. The Labute approximate surface area is 95.9 Å². The zero-order valence-electron chi connectivity index (χ0n) is 8.19. The van der Waals surface area contributed by atoms with Gasteiger partial charge in [-0.1, -0.05) is 0 Å². The molecule has 1 rings (SSSR count). The van der Waals surface area contributed by atoms with E-state index in [9.17, 15) is 52.7 Å². The van der Waals surface area contributed by atoms with Gasteiger partial charge in [0.2, 0.25) is 12.3 Å². The summed E-state index contributed by atoms with van der Waals surface area (Å²) in [6.07, 6.45) is -11.1. The summed E-state index contributed by atoms with van der Waals surface area (Å²) in [6.45, 7) is 0.